The molecule has 0 fully saturated rings. The molecule has 7 rings (SSSR count). The zero-order valence-corrected chi connectivity index (χ0v) is 26.5. The maximum Gasteiger partial charge on any atom is 0.0703 e. The molecule has 5 aromatic carbocycles. The Morgan fingerprint density at radius 3 is 2.36 bits per heavy atom. The van der Waals surface area contributed by atoms with Crippen molar-refractivity contribution in [2.45, 2.75) is 46.5 Å². The number of benzene rings is 5. The van der Waals surface area contributed by atoms with Gasteiger partial charge in [0.15, 0.2) is 0 Å². The summed E-state index contributed by atoms with van der Waals surface area (Å²) in [5, 5.41) is 5.29. The van der Waals surface area contributed by atoms with E-state index < -0.39 is 0 Å². The van der Waals surface area contributed by atoms with Crippen LogP contribution >= 0.6 is 0 Å². The molecule has 45 heavy (non-hydrogen) atoms. The molecule has 1 heterocycles. The van der Waals surface area contributed by atoms with E-state index in [4.69, 9.17) is 4.99 Å². The summed E-state index contributed by atoms with van der Waals surface area (Å²) >= 11 is 0. The van der Waals surface area contributed by atoms with Crippen molar-refractivity contribution in [1.29, 1.82) is 0 Å². The summed E-state index contributed by atoms with van der Waals surface area (Å²) < 4.78 is 0. The third-order valence-electron chi connectivity index (χ3n) is 9.41. The Hall–Kier alpha value is -5.01. The van der Waals surface area contributed by atoms with E-state index in [0.717, 1.165) is 42.7 Å². The Morgan fingerprint density at radius 1 is 0.778 bits per heavy atom. The molecule has 1 aliphatic carbocycles. The summed E-state index contributed by atoms with van der Waals surface area (Å²) in [7, 11) is 0. The van der Waals surface area contributed by atoms with E-state index in [2.05, 4.69) is 149 Å². The van der Waals surface area contributed by atoms with Gasteiger partial charge in [0.2, 0.25) is 0 Å². The van der Waals surface area contributed by atoms with Gasteiger partial charge in [0, 0.05) is 5.71 Å². The Kier molecular flexibility index (Phi) is 7.78. The van der Waals surface area contributed by atoms with E-state index in [0.29, 0.717) is 0 Å². The van der Waals surface area contributed by atoms with Gasteiger partial charge in [-0.2, -0.15) is 0 Å². The smallest absolute Gasteiger partial charge is 0.0703 e. The third-order valence-corrected chi connectivity index (χ3v) is 9.41. The van der Waals surface area contributed by atoms with Gasteiger partial charge in [-0.15, -0.1) is 0 Å². The fourth-order valence-electron chi connectivity index (χ4n) is 6.83. The highest BCUT2D eigenvalue weighted by Crippen LogP contribution is 2.39. The van der Waals surface area contributed by atoms with E-state index in [1.54, 1.807) is 0 Å². The van der Waals surface area contributed by atoms with Crippen LogP contribution in [0.1, 0.15) is 60.1 Å². The average Bonchev–Trinajstić information content (AvgIpc) is 3.47. The first kappa shape index (κ1) is 28.7. The fourth-order valence-corrected chi connectivity index (χ4v) is 6.83. The lowest BCUT2D eigenvalue weighted by atomic mass is 9.87. The molecule has 0 saturated heterocycles. The Balaban J connectivity index is 1.32. The number of aliphatic imine (C=N–C) groups is 1. The van der Waals surface area contributed by atoms with Gasteiger partial charge in [0.1, 0.15) is 0 Å². The van der Waals surface area contributed by atoms with Gasteiger partial charge in [-0.3, -0.25) is 4.99 Å². The zero-order valence-electron chi connectivity index (χ0n) is 26.5. The first-order valence-electron chi connectivity index (χ1n) is 16.2. The molecule has 2 aliphatic rings. The standard InChI is InChI=1S/C44H39N/c1-5-29(3)27-42(36-25-23-33-13-12-14-35(6-2)45-44(33)30(36)4)32-21-19-31(20-22-32)34-24-26-41-39-18-11-10-17-37(39)38-15-8-7-9-16-40(38)43(41)28-34/h7-12,14,16-28H,3,5-6,13,15H2,1-2,4H3/b42-27-. The van der Waals surface area contributed by atoms with Gasteiger partial charge in [-0.05, 0) is 116 Å². The molecular formula is C44H39N. The Labute approximate surface area is 267 Å². The monoisotopic (exact) mass is 581 g/mol. The molecule has 0 N–H and O–H groups in total. The van der Waals surface area contributed by atoms with E-state index in [1.165, 1.54) is 71.6 Å². The maximum atomic E-state index is 5.10. The zero-order chi connectivity index (χ0) is 30.9. The lowest BCUT2D eigenvalue weighted by Crippen LogP contribution is -1.97. The van der Waals surface area contributed by atoms with Gasteiger partial charge < -0.3 is 0 Å². The highest BCUT2D eigenvalue weighted by molar-refractivity contribution is 6.14. The third kappa shape index (κ3) is 5.34. The minimum absolute atomic E-state index is 0.910. The normalized spacial score (nSPS) is 14.2. The Bertz CT molecular complexity index is 2130. The van der Waals surface area contributed by atoms with Crippen LogP contribution in [-0.2, 0) is 12.8 Å². The van der Waals surface area contributed by atoms with Crippen molar-refractivity contribution in [3.8, 4) is 11.1 Å². The van der Waals surface area contributed by atoms with E-state index in [9.17, 15) is 0 Å². The van der Waals surface area contributed by atoms with Crippen LogP contribution in [0.2, 0.25) is 0 Å². The van der Waals surface area contributed by atoms with Gasteiger partial charge in [-0.25, -0.2) is 0 Å². The molecule has 5 aromatic rings. The van der Waals surface area contributed by atoms with Crippen molar-refractivity contribution < 1.29 is 0 Å². The Morgan fingerprint density at radius 2 is 1.56 bits per heavy atom. The van der Waals surface area contributed by atoms with Crippen molar-refractivity contribution in [2.24, 2.45) is 4.99 Å². The molecule has 1 aliphatic heterocycles. The van der Waals surface area contributed by atoms with Crippen LogP contribution in [0.3, 0.4) is 0 Å². The van der Waals surface area contributed by atoms with E-state index in [-0.39, 0.29) is 0 Å². The molecule has 1 nitrogen and oxygen atoms in total. The quantitative estimate of drug-likeness (QED) is 0.140. The summed E-state index contributed by atoms with van der Waals surface area (Å²) in [6.07, 6.45) is 19.3. The largest absolute Gasteiger partial charge is 0.253 e. The number of hydrogen-bond acceptors (Lipinski definition) is 1. The molecule has 0 unspecified atom stereocenters. The molecule has 0 spiro atoms. The number of rotatable bonds is 6. The fraction of sp³-hybridized carbons (Fsp3) is 0.159. The van der Waals surface area contributed by atoms with Crippen LogP contribution in [0.5, 0.6) is 0 Å². The SMILES string of the molecule is C=C(/C=C(/c1ccc(-c2ccc3c(c2)c2c(c4ccccc43)CC=CC=C2)cc1)c1ccc2c(c1C)N=C(CC)C=CC2)CC. The molecule has 1 heteroatoms. The molecule has 0 radical (unpaired) electrons. The lowest BCUT2D eigenvalue weighted by molar-refractivity contribution is 1.16. The number of hydrogen-bond donors (Lipinski definition) is 0. The number of allylic oxidation sites excluding steroid dienone is 7. The van der Waals surface area contributed by atoms with Crippen LogP contribution in [0.4, 0.5) is 5.69 Å². The van der Waals surface area contributed by atoms with Crippen LogP contribution < -0.4 is 0 Å². The van der Waals surface area contributed by atoms with Gasteiger partial charge >= 0.3 is 0 Å². The maximum absolute atomic E-state index is 5.10. The molecule has 0 bridgehead atoms. The second-order valence-corrected chi connectivity index (χ2v) is 12.1. The topological polar surface area (TPSA) is 12.4 Å². The van der Waals surface area contributed by atoms with E-state index >= 15 is 0 Å². The summed E-state index contributed by atoms with van der Waals surface area (Å²) in [6, 6.07) is 29.4. The van der Waals surface area contributed by atoms with Gasteiger partial charge in [0.05, 0.1) is 5.69 Å². The summed E-state index contributed by atoms with van der Waals surface area (Å²) in [5.74, 6) is 0. The molecular weight excluding hydrogens is 542 g/mol. The lowest BCUT2D eigenvalue weighted by Gasteiger charge is -2.17. The molecule has 0 aromatic heterocycles. The first-order chi connectivity index (χ1) is 22.1. The predicted octanol–water partition coefficient (Wildman–Crippen LogP) is 12.1. The van der Waals surface area contributed by atoms with Crippen molar-refractivity contribution in [3.63, 3.8) is 0 Å². The highest BCUT2D eigenvalue weighted by atomic mass is 14.8. The van der Waals surface area contributed by atoms with Crippen molar-refractivity contribution in [2.75, 3.05) is 0 Å². The van der Waals surface area contributed by atoms with Crippen molar-refractivity contribution in [1.82, 2.24) is 0 Å². The van der Waals surface area contributed by atoms with Gasteiger partial charge in [-0.1, -0.05) is 135 Å². The number of fused-ring (bicyclic) bond motifs is 7. The summed E-state index contributed by atoms with van der Waals surface area (Å²) in [6.45, 7) is 10.9. The van der Waals surface area contributed by atoms with Crippen molar-refractivity contribution >= 4 is 44.6 Å². The van der Waals surface area contributed by atoms with E-state index in [1.807, 2.05) is 0 Å². The summed E-state index contributed by atoms with van der Waals surface area (Å²) in [5.41, 5.74) is 14.7. The summed E-state index contributed by atoms with van der Waals surface area (Å²) in [4.78, 5) is 5.10. The van der Waals surface area contributed by atoms with Crippen molar-refractivity contribution in [3.05, 3.63) is 161 Å². The molecule has 0 amide bonds. The highest BCUT2D eigenvalue weighted by Gasteiger charge is 2.17. The van der Waals surface area contributed by atoms with Crippen LogP contribution in [0.15, 0.2) is 132 Å². The minimum Gasteiger partial charge on any atom is -0.253 e. The van der Waals surface area contributed by atoms with Crippen LogP contribution in [-0.4, -0.2) is 5.71 Å². The van der Waals surface area contributed by atoms with Crippen LogP contribution in [0, 0.1) is 6.92 Å². The number of nitrogens with zero attached hydrogens (tertiary/aromatic N) is 1. The molecule has 0 saturated carbocycles. The van der Waals surface area contributed by atoms with Gasteiger partial charge in [0.25, 0.3) is 0 Å². The second kappa shape index (κ2) is 12.2. The molecule has 0 atom stereocenters. The average molecular weight is 582 g/mol. The first-order valence-corrected chi connectivity index (χ1v) is 16.2. The van der Waals surface area contributed by atoms with Crippen LogP contribution in [0.25, 0.3) is 44.3 Å². The predicted molar refractivity (Wildman–Crippen MR) is 197 cm³/mol. The second-order valence-electron chi connectivity index (χ2n) is 12.1. The molecule has 220 valence electrons. The minimum atomic E-state index is 0.910.